The molecular formula is C12H13N3O2. The molecule has 0 aliphatic heterocycles. The summed E-state index contributed by atoms with van der Waals surface area (Å²) in [5, 5.41) is 3.95. The monoisotopic (exact) mass is 231 g/mol. The van der Waals surface area contributed by atoms with Gasteiger partial charge < -0.3 is 4.74 Å². The van der Waals surface area contributed by atoms with Crippen molar-refractivity contribution in [3.05, 3.63) is 42.0 Å². The topological polar surface area (TPSA) is 57.0 Å². The SMILES string of the molecule is CC(=O)c1ccc(OCc2ncnn2C)cc1. The molecule has 2 aromatic rings. The summed E-state index contributed by atoms with van der Waals surface area (Å²) in [6, 6.07) is 7.03. The number of carbonyl (C=O) groups is 1. The van der Waals surface area contributed by atoms with Crippen LogP contribution in [-0.4, -0.2) is 20.5 Å². The number of ketones is 1. The molecule has 0 atom stereocenters. The van der Waals surface area contributed by atoms with E-state index in [2.05, 4.69) is 10.1 Å². The predicted octanol–water partition coefficient (Wildman–Crippen LogP) is 1.60. The molecule has 0 spiro atoms. The zero-order valence-corrected chi connectivity index (χ0v) is 9.75. The van der Waals surface area contributed by atoms with E-state index in [4.69, 9.17) is 4.74 Å². The van der Waals surface area contributed by atoms with Crippen LogP contribution in [0.25, 0.3) is 0 Å². The number of hydrogen-bond acceptors (Lipinski definition) is 4. The molecule has 0 N–H and O–H groups in total. The predicted molar refractivity (Wildman–Crippen MR) is 61.8 cm³/mol. The smallest absolute Gasteiger partial charge is 0.164 e. The van der Waals surface area contributed by atoms with Gasteiger partial charge in [0.05, 0.1) is 0 Å². The van der Waals surface area contributed by atoms with Crippen molar-refractivity contribution >= 4 is 5.78 Å². The first-order chi connectivity index (χ1) is 8.16. The van der Waals surface area contributed by atoms with Gasteiger partial charge in [-0.15, -0.1) is 0 Å². The Morgan fingerprint density at radius 2 is 2.06 bits per heavy atom. The number of aryl methyl sites for hydroxylation is 1. The Balaban J connectivity index is 2.00. The third kappa shape index (κ3) is 2.69. The lowest BCUT2D eigenvalue weighted by Gasteiger charge is -2.05. The van der Waals surface area contributed by atoms with Crippen molar-refractivity contribution < 1.29 is 9.53 Å². The van der Waals surface area contributed by atoms with Crippen LogP contribution in [-0.2, 0) is 13.7 Å². The van der Waals surface area contributed by atoms with E-state index in [1.807, 2.05) is 7.05 Å². The van der Waals surface area contributed by atoms with E-state index in [9.17, 15) is 4.79 Å². The first kappa shape index (κ1) is 11.3. The number of Topliss-reactive ketones (excluding diaryl/α,β-unsaturated/α-hetero) is 1. The highest BCUT2D eigenvalue weighted by Crippen LogP contribution is 2.13. The molecule has 0 aliphatic rings. The maximum absolute atomic E-state index is 11.1. The van der Waals surface area contributed by atoms with E-state index in [0.29, 0.717) is 17.9 Å². The maximum atomic E-state index is 11.1. The molecule has 0 unspecified atom stereocenters. The fraction of sp³-hybridized carbons (Fsp3) is 0.250. The van der Waals surface area contributed by atoms with Gasteiger partial charge in [-0.3, -0.25) is 9.48 Å². The number of rotatable bonds is 4. The van der Waals surface area contributed by atoms with Crippen molar-refractivity contribution in [2.75, 3.05) is 0 Å². The van der Waals surface area contributed by atoms with Crippen LogP contribution in [0.2, 0.25) is 0 Å². The molecule has 88 valence electrons. The highest BCUT2D eigenvalue weighted by atomic mass is 16.5. The van der Waals surface area contributed by atoms with Gasteiger partial charge in [-0.25, -0.2) is 4.98 Å². The first-order valence-corrected chi connectivity index (χ1v) is 5.23. The third-order valence-corrected chi connectivity index (χ3v) is 2.43. The molecule has 2 rings (SSSR count). The molecule has 0 amide bonds. The lowest BCUT2D eigenvalue weighted by molar-refractivity contribution is 0.101. The summed E-state index contributed by atoms with van der Waals surface area (Å²) in [5.41, 5.74) is 0.677. The van der Waals surface area contributed by atoms with E-state index in [1.165, 1.54) is 13.3 Å². The van der Waals surface area contributed by atoms with E-state index < -0.39 is 0 Å². The van der Waals surface area contributed by atoms with Crippen LogP contribution in [0.15, 0.2) is 30.6 Å². The van der Waals surface area contributed by atoms with Gasteiger partial charge in [0.2, 0.25) is 0 Å². The Morgan fingerprint density at radius 1 is 1.35 bits per heavy atom. The van der Waals surface area contributed by atoms with E-state index >= 15 is 0 Å². The summed E-state index contributed by atoms with van der Waals surface area (Å²) >= 11 is 0. The van der Waals surface area contributed by atoms with Crippen LogP contribution >= 0.6 is 0 Å². The molecule has 0 bridgehead atoms. The number of hydrogen-bond donors (Lipinski definition) is 0. The Labute approximate surface area is 99.1 Å². The van der Waals surface area contributed by atoms with Crippen molar-refractivity contribution in [3.8, 4) is 5.75 Å². The van der Waals surface area contributed by atoms with Crippen molar-refractivity contribution in [3.63, 3.8) is 0 Å². The summed E-state index contributed by atoms with van der Waals surface area (Å²) in [6.07, 6.45) is 1.48. The Kier molecular flexibility index (Phi) is 3.18. The van der Waals surface area contributed by atoms with Crippen LogP contribution < -0.4 is 4.74 Å². The third-order valence-electron chi connectivity index (χ3n) is 2.43. The molecule has 1 heterocycles. The molecule has 5 nitrogen and oxygen atoms in total. The second kappa shape index (κ2) is 4.78. The summed E-state index contributed by atoms with van der Waals surface area (Å²) in [6.45, 7) is 1.89. The van der Waals surface area contributed by atoms with E-state index in [-0.39, 0.29) is 5.78 Å². The van der Waals surface area contributed by atoms with Gasteiger partial charge in [0.15, 0.2) is 11.6 Å². The number of aromatic nitrogens is 3. The second-order valence-electron chi connectivity index (χ2n) is 3.67. The summed E-state index contributed by atoms with van der Waals surface area (Å²) in [5.74, 6) is 1.50. The average molecular weight is 231 g/mol. The standard InChI is InChI=1S/C12H13N3O2/c1-9(16)10-3-5-11(6-4-10)17-7-12-13-8-14-15(12)2/h3-6,8H,7H2,1-2H3. The van der Waals surface area contributed by atoms with Crippen LogP contribution in [0.1, 0.15) is 23.1 Å². The van der Waals surface area contributed by atoms with E-state index in [0.717, 1.165) is 5.82 Å². The van der Waals surface area contributed by atoms with Crippen LogP contribution in [0, 0.1) is 0 Å². The van der Waals surface area contributed by atoms with Crippen LogP contribution in [0.4, 0.5) is 0 Å². The van der Waals surface area contributed by atoms with Crippen molar-refractivity contribution in [2.24, 2.45) is 7.05 Å². The molecule has 0 fully saturated rings. The molecule has 0 radical (unpaired) electrons. The average Bonchev–Trinajstić information content (AvgIpc) is 2.73. The number of carbonyl (C=O) groups excluding carboxylic acids is 1. The van der Waals surface area contributed by atoms with Gasteiger partial charge in [-0.05, 0) is 31.2 Å². The molecular weight excluding hydrogens is 218 g/mol. The molecule has 0 saturated carbocycles. The van der Waals surface area contributed by atoms with Gasteiger partial charge in [-0.2, -0.15) is 5.10 Å². The van der Waals surface area contributed by atoms with Gasteiger partial charge in [-0.1, -0.05) is 0 Å². The minimum Gasteiger partial charge on any atom is -0.486 e. The molecule has 1 aromatic carbocycles. The second-order valence-corrected chi connectivity index (χ2v) is 3.67. The normalized spacial score (nSPS) is 10.2. The highest BCUT2D eigenvalue weighted by molar-refractivity contribution is 5.94. The zero-order chi connectivity index (χ0) is 12.3. The highest BCUT2D eigenvalue weighted by Gasteiger charge is 2.03. The lowest BCUT2D eigenvalue weighted by Crippen LogP contribution is -2.04. The van der Waals surface area contributed by atoms with Crippen LogP contribution in [0.5, 0.6) is 5.75 Å². The Bertz CT molecular complexity index is 517. The number of benzene rings is 1. The Morgan fingerprint density at radius 3 is 2.59 bits per heavy atom. The van der Waals surface area contributed by atoms with Gasteiger partial charge >= 0.3 is 0 Å². The summed E-state index contributed by atoms with van der Waals surface area (Å²) in [7, 11) is 1.81. The summed E-state index contributed by atoms with van der Waals surface area (Å²) in [4.78, 5) is 15.1. The van der Waals surface area contributed by atoms with Gasteiger partial charge in [0.25, 0.3) is 0 Å². The minimum absolute atomic E-state index is 0.0462. The van der Waals surface area contributed by atoms with Crippen LogP contribution in [0.3, 0.4) is 0 Å². The van der Waals surface area contributed by atoms with Gasteiger partial charge in [0, 0.05) is 12.6 Å². The largest absolute Gasteiger partial charge is 0.486 e. The molecule has 0 aliphatic carbocycles. The minimum atomic E-state index is 0.0462. The quantitative estimate of drug-likeness (QED) is 0.750. The summed E-state index contributed by atoms with van der Waals surface area (Å²) < 4.78 is 7.19. The molecule has 1 aromatic heterocycles. The van der Waals surface area contributed by atoms with Gasteiger partial charge in [0.1, 0.15) is 18.7 Å². The fourth-order valence-corrected chi connectivity index (χ4v) is 1.38. The Hall–Kier alpha value is -2.17. The maximum Gasteiger partial charge on any atom is 0.164 e. The zero-order valence-electron chi connectivity index (χ0n) is 9.75. The van der Waals surface area contributed by atoms with Crippen molar-refractivity contribution in [2.45, 2.75) is 13.5 Å². The van der Waals surface area contributed by atoms with Crippen molar-refractivity contribution in [1.82, 2.24) is 14.8 Å². The number of nitrogens with zero attached hydrogens (tertiary/aromatic N) is 3. The molecule has 17 heavy (non-hydrogen) atoms. The van der Waals surface area contributed by atoms with E-state index in [1.54, 1.807) is 28.9 Å². The van der Waals surface area contributed by atoms with Crippen molar-refractivity contribution in [1.29, 1.82) is 0 Å². The fourth-order valence-electron chi connectivity index (χ4n) is 1.38. The first-order valence-electron chi connectivity index (χ1n) is 5.23. The number of ether oxygens (including phenoxy) is 1. The molecule has 0 saturated heterocycles. The molecule has 5 heteroatoms. The lowest BCUT2D eigenvalue weighted by atomic mass is 10.1.